The van der Waals surface area contributed by atoms with Crippen LogP contribution in [0.4, 0.5) is 0 Å². The van der Waals surface area contributed by atoms with Gasteiger partial charge in [0.25, 0.3) is 0 Å². The molecule has 9 heteroatoms. The summed E-state index contributed by atoms with van der Waals surface area (Å²) in [5.74, 6) is 8.17. The molecule has 0 saturated carbocycles. The number of fused-ring (bicyclic) bond motifs is 1. The number of nitrogens with two attached hydrogens (primary N) is 1. The average Bonchev–Trinajstić information content (AvgIpc) is 3.20. The molecule has 3 N–H and O–H groups in total. The number of carbonyl (C=O) groups is 1. The fourth-order valence-corrected chi connectivity index (χ4v) is 4.22. The number of thioether (sulfide) groups is 1. The highest BCUT2D eigenvalue weighted by Gasteiger charge is 2.14. The Balaban J connectivity index is 1.34. The maximum atomic E-state index is 12.3. The molecule has 4 rings (SSSR count). The molecular weight excluding hydrogens is 438 g/mol. The van der Waals surface area contributed by atoms with Gasteiger partial charge in [0.05, 0.1) is 20.0 Å². The number of methoxy groups -OCH3 is 2. The highest BCUT2D eigenvalue weighted by molar-refractivity contribution is 7.99. The molecule has 0 atom stereocenters. The third-order valence-corrected chi connectivity index (χ3v) is 6.18. The first-order chi connectivity index (χ1) is 16.1. The summed E-state index contributed by atoms with van der Waals surface area (Å²) in [5.41, 5.74) is 2.03. The van der Waals surface area contributed by atoms with Crippen molar-refractivity contribution in [2.75, 3.05) is 25.8 Å². The van der Waals surface area contributed by atoms with Crippen molar-refractivity contribution in [3.8, 4) is 11.5 Å². The van der Waals surface area contributed by atoms with Gasteiger partial charge in [-0.3, -0.25) is 4.79 Å². The van der Waals surface area contributed by atoms with Crippen LogP contribution >= 0.6 is 11.8 Å². The van der Waals surface area contributed by atoms with Gasteiger partial charge in [-0.2, -0.15) is 0 Å². The van der Waals surface area contributed by atoms with Gasteiger partial charge in [0.1, 0.15) is 0 Å². The van der Waals surface area contributed by atoms with E-state index in [9.17, 15) is 4.79 Å². The summed E-state index contributed by atoms with van der Waals surface area (Å²) >= 11 is 1.25. The first kappa shape index (κ1) is 22.5. The van der Waals surface area contributed by atoms with Gasteiger partial charge < -0.3 is 20.6 Å². The average molecular weight is 464 g/mol. The van der Waals surface area contributed by atoms with Gasteiger partial charge in [-0.25, -0.2) is 4.68 Å². The van der Waals surface area contributed by atoms with Gasteiger partial charge in [0.15, 0.2) is 17.3 Å². The third kappa shape index (κ3) is 5.20. The van der Waals surface area contributed by atoms with Gasteiger partial charge >= 0.3 is 0 Å². The number of ether oxygens (including phenoxy) is 2. The Morgan fingerprint density at radius 2 is 1.82 bits per heavy atom. The lowest BCUT2D eigenvalue weighted by atomic mass is 10.0. The molecule has 1 heterocycles. The fourth-order valence-electron chi connectivity index (χ4n) is 3.52. The maximum absolute atomic E-state index is 12.3. The molecule has 33 heavy (non-hydrogen) atoms. The van der Waals surface area contributed by atoms with E-state index in [0.717, 1.165) is 16.5 Å². The quantitative estimate of drug-likeness (QED) is 0.290. The summed E-state index contributed by atoms with van der Waals surface area (Å²) in [5, 5.41) is 14.1. The standard InChI is InChI=1S/C24H25N5O3S/c1-31-20-11-10-16(12-21(20)32-2)14-26-23(30)15-33-24-28-27-22(29(24)25)13-18-8-5-7-17-6-3-4-9-19(17)18/h3-12H,13-15,25H2,1-2H3,(H,26,30). The number of nitrogen functional groups attached to an aromatic ring is 1. The van der Waals surface area contributed by atoms with Crippen molar-refractivity contribution in [3.05, 3.63) is 77.6 Å². The Kier molecular flexibility index (Phi) is 6.99. The van der Waals surface area contributed by atoms with Gasteiger partial charge in [-0.05, 0) is 34.0 Å². The van der Waals surface area contributed by atoms with Crippen LogP contribution in [0.15, 0.2) is 65.8 Å². The van der Waals surface area contributed by atoms with E-state index in [-0.39, 0.29) is 11.7 Å². The zero-order chi connectivity index (χ0) is 23.2. The molecule has 0 aliphatic heterocycles. The Labute approximate surface area is 196 Å². The van der Waals surface area contributed by atoms with E-state index in [1.54, 1.807) is 14.2 Å². The molecule has 1 amide bonds. The zero-order valence-corrected chi connectivity index (χ0v) is 19.3. The van der Waals surface area contributed by atoms with Gasteiger partial charge in [0.2, 0.25) is 11.1 Å². The molecule has 0 unspecified atom stereocenters. The molecule has 0 spiro atoms. The molecule has 1 aromatic heterocycles. The number of benzene rings is 3. The molecule has 170 valence electrons. The van der Waals surface area contributed by atoms with Crippen LogP contribution < -0.4 is 20.6 Å². The van der Waals surface area contributed by atoms with Crippen LogP contribution in [0.1, 0.15) is 17.0 Å². The monoisotopic (exact) mass is 463 g/mol. The van der Waals surface area contributed by atoms with Crippen molar-refractivity contribution < 1.29 is 14.3 Å². The summed E-state index contributed by atoms with van der Waals surface area (Å²) in [7, 11) is 3.16. The van der Waals surface area contributed by atoms with Crippen molar-refractivity contribution in [2.24, 2.45) is 0 Å². The SMILES string of the molecule is COc1ccc(CNC(=O)CSc2nnc(Cc3cccc4ccccc34)n2N)cc1OC. The Hall–Kier alpha value is -3.72. The number of rotatable bonds is 9. The number of aromatic nitrogens is 3. The normalized spacial score (nSPS) is 10.8. The lowest BCUT2D eigenvalue weighted by molar-refractivity contribution is -0.118. The van der Waals surface area contributed by atoms with E-state index in [1.807, 2.05) is 36.4 Å². The van der Waals surface area contributed by atoms with Crippen molar-refractivity contribution in [3.63, 3.8) is 0 Å². The zero-order valence-electron chi connectivity index (χ0n) is 18.4. The minimum absolute atomic E-state index is 0.131. The molecule has 0 radical (unpaired) electrons. The molecule has 0 fully saturated rings. The molecule has 8 nitrogen and oxygen atoms in total. The molecule has 0 bridgehead atoms. The van der Waals surface area contributed by atoms with Gasteiger partial charge in [-0.15, -0.1) is 10.2 Å². The third-order valence-electron chi connectivity index (χ3n) is 5.23. The predicted octanol–water partition coefficient (Wildman–Crippen LogP) is 3.16. The number of nitrogens with one attached hydrogen (secondary N) is 1. The maximum Gasteiger partial charge on any atom is 0.230 e. The molecule has 0 saturated heterocycles. The van der Waals surface area contributed by atoms with Crippen molar-refractivity contribution in [2.45, 2.75) is 18.1 Å². The number of carbonyl (C=O) groups excluding carboxylic acids is 1. The smallest absolute Gasteiger partial charge is 0.230 e. The first-order valence-electron chi connectivity index (χ1n) is 10.4. The van der Waals surface area contributed by atoms with Crippen LogP contribution in [0, 0.1) is 0 Å². The summed E-state index contributed by atoms with van der Waals surface area (Å²) < 4.78 is 12.0. The Morgan fingerprint density at radius 1 is 1.03 bits per heavy atom. The second kappa shape index (κ2) is 10.3. The highest BCUT2D eigenvalue weighted by Crippen LogP contribution is 2.27. The Bertz CT molecular complexity index is 1270. The largest absolute Gasteiger partial charge is 0.493 e. The van der Waals surface area contributed by atoms with E-state index >= 15 is 0 Å². The van der Waals surface area contributed by atoms with Crippen LogP contribution in [0.5, 0.6) is 11.5 Å². The topological polar surface area (TPSA) is 104 Å². The number of nitrogens with zero attached hydrogens (tertiary/aromatic N) is 3. The number of hydrogen-bond acceptors (Lipinski definition) is 7. The van der Waals surface area contributed by atoms with Crippen LogP contribution in [-0.2, 0) is 17.8 Å². The van der Waals surface area contributed by atoms with Crippen LogP contribution in [-0.4, -0.2) is 40.8 Å². The fraction of sp³-hybridized carbons (Fsp3) is 0.208. The van der Waals surface area contributed by atoms with Crippen LogP contribution in [0.2, 0.25) is 0 Å². The lowest BCUT2D eigenvalue weighted by Gasteiger charge is -2.10. The second-order valence-electron chi connectivity index (χ2n) is 7.34. The second-order valence-corrected chi connectivity index (χ2v) is 8.28. The number of amides is 1. The minimum atomic E-state index is -0.131. The summed E-state index contributed by atoms with van der Waals surface area (Å²) in [6.45, 7) is 0.376. The van der Waals surface area contributed by atoms with E-state index in [1.165, 1.54) is 21.8 Å². The molecule has 0 aliphatic rings. The van der Waals surface area contributed by atoms with Gasteiger partial charge in [0, 0.05) is 13.0 Å². The molecule has 0 aliphatic carbocycles. The van der Waals surface area contributed by atoms with E-state index < -0.39 is 0 Å². The molecule has 4 aromatic rings. The van der Waals surface area contributed by atoms with Gasteiger partial charge in [-0.1, -0.05) is 60.3 Å². The van der Waals surface area contributed by atoms with Crippen molar-refractivity contribution in [1.82, 2.24) is 20.2 Å². The molecule has 3 aromatic carbocycles. The summed E-state index contributed by atoms with van der Waals surface area (Å²) in [6, 6.07) is 19.9. The summed E-state index contributed by atoms with van der Waals surface area (Å²) in [6.07, 6.45) is 0.552. The minimum Gasteiger partial charge on any atom is -0.493 e. The van der Waals surface area contributed by atoms with E-state index in [4.69, 9.17) is 15.3 Å². The van der Waals surface area contributed by atoms with Crippen molar-refractivity contribution in [1.29, 1.82) is 0 Å². The van der Waals surface area contributed by atoms with Crippen molar-refractivity contribution >= 4 is 28.4 Å². The highest BCUT2D eigenvalue weighted by atomic mass is 32.2. The lowest BCUT2D eigenvalue weighted by Crippen LogP contribution is -2.25. The predicted molar refractivity (Wildman–Crippen MR) is 129 cm³/mol. The van der Waals surface area contributed by atoms with Crippen LogP contribution in [0.3, 0.4) is 0 Å². The van der Waals surface area contributed by atoms with Crippen LogP contribution in [0.25, 0.3) is 10.8 Å². The summed E-state index contributed by atoms with van der Waals surface area (Å²) in [4.78, 5) is 12.3. The number of hydrogen-bond donors (Lipinski definition) is 2. The Morgan fingerprint density at radius 3 is 2.64 bits per heavy atom. The first-order valence-corrected chi connectivity index (χ1v) is 11.3. The van der Waals surface area contributed by atoms with E-state index in [0.29, 0.717) is 35.4 Å². The molecular formula is C24H25N5O3S. The van der Waals surface area contributed by atoms with E-state index in [2.05, 4.69) is 39.8 Å².